The Morgan fingerprint density at radius 1 is 1.56 bits per heavy atom. The van der Waals surface area contributed by atoms with E-state index in [1.165, 1.54) is 16.2 Å². The van der Waals surface area contributed by atoms with Gasteiger partial charge in [0.2, 0.25) is 5.13 Å². The molecule has 1 fully saturated rings. The van der Waals surface area contributed by atoms with Crippen LogP contribution in [0.2, 0.25) is 0 Å². The van der Waals surface area contributed by atoms with E-state index in [1.54, 1.807) is 6.92 Å². The molecule has 0 aliphatic carbocycles. The Balaban J connectivity index is 2.23. The van der Waals surface area contributed by atoms with Crippen LogP contribution in [0.25, 0.3) is 0 Å². The van der Waals surface area contributed by atoms with Crippen molar-refractivity contribution in [3.63, 3.8) is 0 Å². The van der Waals surface area contributed by atoms with Crippen LogP contribution in [0.5, 0.6) is 0 Å². The zero-order valence-electron chi connectivity index (χ0n) is 9.74. The van der Waals surface area contributed by atoms with Crippen molar-refractivity contribution in [3.8, 4) is 0 Å². The van der Waals surface area contributed by atoms with Gasteiger partial charge < -0.3 is 10.0 Å². The second-order valence-corrected chi connectivity index (χ2v) is 7.57. The van der Waals surface area contributed by atoms with E-state index in [-0.39, 0.29) is 24.1 Å². The van der Waals surface area contributed by atoms with E-state index in [0.29, 0.717) is 11.6 Å². The van der Waals surface area contributed by atoms with Crippen LogP contribution in [0.1, 0.15) is 11.4 Å². The molecule has 0 amide bonds. The van der Waals surface area contributed by atoms with E-state index in [1.807, 2.05) is 0 Å². The molecule has 18 heavy (non-hydrogen) atoms. The van der Waals surface area contributed by atoms with Gasteiger partial charge in [0.15, 0.2) is 9.84 Å². The summed E-state index contributed by atoms with van der Waals surface area (Å²) in [5.41, 5.74) is 0. The van der Waals surface area contributed by atoms with Gasteiger partial charge in [-0.3, -0.25) is 4.79 Å². The lowest BCUT2D eigenvalue weighted by Gasteiger charge is -2.25. The van der Waals surface area contributed by atoms with Crippen LogP contribution < -0.4 is 4.90 Å². The molecule has 0 saturated carbocycles. The largest absolute Gasteiger partial charge is 0.480 e. The molecule has 2 heterocycles. The average Bonchev–Trinajstić information content (AvgIpc) is 2.81. The fourth-order valence-corrected chi connectivity index (χ4v) is 4.41. The van der Waals surface area contributed by atoms with E-state index in [9.17, 15) is 13.2 Å². The van der Waals surface area contributed by atoms with E-state index in [4.69, 9.17) is 5.11 Å². The van der Waals surface area contributed by atoms with Gasteiger partial charge in [-0.1, -0.05) is 11.3 Å². The number of hydrogen-bond acceptors (Lipinski definition) is 7. The third kappa shape index (κ3) is 2.96. The first-order chi connectivity index (χ1) is 8.37. The average molecular weight is 291 g/mol. The highest BCUT2D eigenvalue weighted by molar-refractivity contribution is 7.91. The number of carboxylic acids is 1. The number of aliphatic carboxylic acids is 1. The van der Waals surface area contributed by atoms with Crippen LogP contribution in [0.15, 0.2) is 0 Å². The van der Waals surface area contributed by atoms with E-state index in [0.717, 1.165) is 5.01 Å². The fraction of sp³-hybridized carbons (Fsp3) is 0.667. The molecular weight excluding hydrogens is 278 g/mol. The number of hydrogen-bond donors (Lipinski definition) is 1. The third-order valence-electron chi connectivity index (χ3n) is 2.72. The summed E-state index contributed by atoms with van der Waals surface area (Å²) in [6, 6.07) is -0.321. The van der Waals surface area contributed by atoms with E-state index >= 15 is 0 Å². The van der Waals surface area contributed by atoms with Gasteiger partial charge in [0.1, 0.15) is 11.6 Å². The SMILES string of the molecule is Cc1nnc(N(CC(=O)O)C2CCS(=O)(=O)C2)s1. The molecule has 1 atom stereocenters. The number of sulfone groups is 1. The number of rotatable bonds is 4. The lowest BCUT2D eigenvalue weighted by molar-refractivity contribution is -0.135. The van der Waals surface area contributed by atoms with Gasteiger partial charge in [0, 0.05) is 6.04 Å². The van der Waals surface area contributed by atoms with Gasteiger partial charge in [-0.05, 0) is 13.3 Å². The molecular formula is C9H13N3O4S2. The zero-order valence-corrected chi connectivity index (χ0v) is 11.4. The number of aromatic nitrogens is 2. The number of carbonyl (C=O) groups is 1. The summed E-state index contributed by atoms with van der Waals surface area (Å²) < 4.78 is 22.9. The summed E-state index contributed by atoms with van der Waals surface area (Å²) in [4.78, 5) is 12.4. The molecule has 7 nitrogen and oxygen atoms in total. The summed E-state index contributed by atoms with van der Waals surface area (Å²) in [5.74, 6) is -0.919. The molecule has 0 spiro atoms. The summed E-state index contributed by atoms with van der Waals surface area (Å²) in [6.07, 6.45) is 0.439. The van der Waals surface area contributed by atoms with Crippen LogP contribution in [0.3, 0.4) is 0 Å². The Hall–Kier alpha value is -1.22. The highest BCUT2D eigenvalue weighted by Crippen LogP contribution is 2.26. The lowest BCUT2D eigenvalue weighted by Crippen LogP contribution is -2.40. The minimum absolute atomic E-state index is 0.0150. The van der Waals surface area contributed by atoms with Crippen molar-refractivity contribution in [1.82, 2.24) is 10.2 Å². The van der Waals surface area contributed by atoms with Crippen molar-refractivity contribution in [2.45, 2.75) is 19.4 Å². The second-order valence-electron chi connectivity index (χ2n) is 4.18. The Morgan fingerprint density at radius 3 is 2.72 bits per heavy atom. The maximum Gasteiger partial charge on any atom is 0.323 e. The Labute approximate surface area is 108 Å². The summed E-state index contributed by atoms with van der Waals surface area (Å²) in [5, 5.41) is 17.8. The first-order valence-corrected chi connectivity index (χ1v) is 8.00. The van der Waals surface area contributed by atoms with E-state index in [2.05, 4.69) is 10.2 Å². The lowest BCUT2D eigenvalue weighted by atomic mass is 10.2. The number of aryl methyl sites for hydroxylation is 1. The van der Waals surface area contributed by atoms with Gasteiger partial charge >= 0.3 is 5.97 Å². The van der Waals surface area contributed by atoms with Crippen LogP contribution in [0.4, 0.5) is 5.13 Å². The second kappa shape index (κ2) is 4.81. The normalized spacial score (nSPS) is 21.9. The Morgan fingerprint density at radius 2 is 2.28 bits per heavy atom. The minimum Gasteiger partial charge on any atom is -0.480 e. The van der Waals surface area contributed by atoms with Crippen LogP contribution in [-0.2, 0) is 14.6 Å². The topological polar surface area (TPSA) is 100 Å². The first kappa shape index (κ1) is 13.2. The quantitative estimate of drug-likeness (QED) is 0.828. The molecule has 1 N–H and O–H groups in total. The van der Waals surface area contributed by atoms with Crippen molar-refractivity contribution in [2.75, 3.05) is 23.0 Å². The smallest absolute Gasteiger partial charge is 0.323 e. The Bertz CT molecular complexity index is 554. The Kier molecular flexibility index (Phi) is 3.53. The summed E-state index contributed by atoms with van der Waals surface area (Å²) in [7, 11) is -3.06. The molecule has 0 bridgehead atoms. The summed E-state index contributed by atoms with van der Waals surface area (Å²) >= 11 is 1.27. The highest BCUT2D eigenvalue weighted by Gasteiger charge is 2.34. The van der Waals surface area contributed by atoms with Crippen molar-refractivity contribution in [1.29, 1.82) is 0 Å². The zero-order chi connectivity index (χ0) is 13.3. The molecule has 9 heteroatoms. The molecule has 100 valence electrons. The molecule has 1 aliphatic rings. The number of nitrogens with zero attached hydrogens (tertiary/aromatic N) is 3. The molecule has 0 radical (unpaired) electrons. The fourth-order valence-electron chi connectivity index (χ4n) is 1.92. The van der Waals surface area contributed by atoms with Gasteiger partial charge in [-0.25, -0.2) is 8.42 Å². The minimum atomic E-state index is -3.06. The molecule has 1 unspecified atom stereocenters. The molecule has 1 aromatic heterocycles. The molecule has 1 saturated heterocycles. The van der Waals surface area contributed by atoms with Gasteiger partial charge in [0.25, 0.3) is 0 Å². The highest BCUT2D eigenvalue weighted by atomic mass is 32.2. The van der Waals surface area contributed by atoms with Crippen molar-refractivity contribution in [2.24, 2.45) is 0 Å². The molecule has 1 aromatic rings. The van der Waals surface area contributed by atoms with Crippen LogP contribution >= 0.6 is 11.3 Å². The van der Waals surface area contributed by atoms with Crippen molar-refractivity contribution < 1.29 is 18.3 Å². The standard InChI is InChI=1S/C9H13N3O4S2/c1-6-10-11-9(17-6)12(4-8(13)14)7-2-3-18(15,16)5-7/h7H,2-5H2,1H3,(H,13,14). The maximum atomic E-state index is 11.5. The third-order valence-corrected chi connectivity index (χ3v) is 5.34. The predicted molar refractivity (Wildman–Crippen MR) is 66.7 cm³/mol. The summed E-state index contributed by atoms with van der Waals surface area (Å²) in [6.45, 7) is 1.51. The monoisotopic (exact) mass is 291 g/mol. The maximum absolute atomic E-state index is 11.5. The number of anilines is 1. The van der Waals surface area contributed by atoms with Gasteiger partial charge in [-0.2, -0.15) is 0 Å². The van der Waals surface area contributed by atoms with Gasteiger partial charge in [0.05, 0.1) is 11.5 Å². The number of carboxylic acid groups (broad SMARTS) is 1. The molecule has 1 aliphatic heterocycles. The van der Waals surface area contributed by atoms with Crippen LogP contribution in [0, 0.1) is 6.92 Å². The molecule has 2 rings (SSSR count). The van der Waals surface area contributed by atoms with Crippen molar-refractivity contribution >= 4 is 32.3 Å². The van der Waals surface area contributed by atoms with E-state index < -0.39 is 15.8 Å². The van der Waals surface area contributed by atoms with Crippen LogP contribution in [-0.4, -0.2) is 53.8 Å². The van der Waals surface area contributed by atoms with Gasteiger partial charge in [-0.15, -0.1) is 10.2 Å². The predicted octanol–water partition coefficient (Wildman–Crippen LogP) is -0.0754. The van der Waals surface area contributed by atoms with Crippen molar-refractivity contribution in [3.05, 3.63) is 5.01 Å². The first-order valence-electron chi connectivity index (χ1n) is 5.36. The molecule has 0 aromatic carbocycles.